The van der Waals surface area contributed by atoms with Gasteiger partial charge in [0, 0.05) is 16.1 Å². The van der Waals surface area contributed by atoms with Crippen molar-refractivity contribution in [1.29, 1.82) is 0 Å². The first-order chi connectivity index (χ1) is 19.2. The van der Waals surface area contributed by atoms with Crippen LogP contribution in [0.25, 0.3) is 21.2 Å². The molecule has 0 aliphatic rings. The van der Waals surface area contributed by atoms with Crippen molar-refractivity contribution >= 4 is 45.0 Å². The Labute approximate surface area is 240 Å². The van der Waals surface area contributed by atoms with E-state index in [-0.39, 0.29) is 18.7 Å². The van der Waals surface area contributed by atoms with Crippen molar-refractivity contribution in [2.45, 2.75) is 25.9 Å². The van der Waals surface area contributed by atoms with Crippen molar-refractivity contribution < 1.29 is 24.6 Å². The number of carbonyl (C=O) groups is 2. The highest BCUT2D eigenvalue weighted by Crippen LogP contribution is 2.32. The molecule has 0 unspecified atom stereocenters. The first kappa shape index (κ1) is 27.4. The molecule has 8 heteroatoms. The van der Waals surface area contributed by atoms with Gasteiger partial charge >= 0.3 is 11.9 Å². The Morgan fingerprint density at radius 1 is 0.900 bits per heavy atom. The number of carboxylic acids is 1. The molecule has 0 saturated heterocycles. The van der Waals surface area contributed by atoms with Gasteiger partial charge in [-0.05, 0) is 77.0 Å². The van der Waals surface area contributed by atoms with Crippen LogP contribution in [0.2, 0.25) is 5.02 Å². The van der Waals surface area contributed by atoms with Crippen LogP contribution in [0.5, 0.6) is 5.75 Å². The number of hydroxylamine groups is 2. The summed E-state index contributed by atoms with van der Waals surface area (Å²) in [5.41, 5.74) is 4.50. The van der Waals surface area contributed by atoms with Crippen molar-refractivity contribution in [1.82, 2.24) is 5.06 Å². The number of hydrogen-bond donors (Lipinski definition) is 2. The third kappa shape index (κ3) is 6.51. The molecule has 2 N–H and O–H groups in total. The van der Waals surface area contributed by atoms with Crippen LogP contribution in [-0.2, 0) is 22.6 Å². The van der Waals surface area contributed by atoms with Crippen LogP contribution in [0.3, 0.4) is 0 Å². The summed E-state index contributed by atoms with van der Waals surface area (Å²) >= 11 is 7.32. The molecule has 0 spiro atoms. The van der Waals surface area contributed by atoms with E-state index in [1.165, 1.54) is 28.5 Å². The van der Waals surface area contributed by atoms with Crippen molar-refractivity contribution in [3.8, 4) is 16.9 Å². The van der Waals surface area contributed by atoms with Gasteiger partial charge in [-0.25, -0.2) is 4.79 Å². The van der Waals surface area contributed by atoms with E-state index in [1.807, 2.05) is 73.7 Å². The first-order valence-corrected chi connectivity index (χ1v) is 13.8. The van der Waals surface area contributed by atoms with Crippen LogP contribution in [-0.4, -0.2) is 33.3 Å². The Morgan fingerprint density at radius 3 is 2.33 bits per heavy atom. The quantitative estimate of drug-likeness (QED) is 0.178. The van der Waals surface area contributed by atoms with Crippen LogP contribution >= 0.6 is 22.9 Å². The van der Waals surface area contributed by atoms with E-state index in [1.54, 1.807) is 18.2 Å². The summed E-state index contributed by atoms with van der Waals surface area (Å²) < 4.78 is 0.911. The smallest absolute Gasteiger partial charge is 0.367 e. The van der Waals surface area contributed by atoms with E-state index in [2.05, 4.69) is 0 Å². The lowest BCUT2D eigenvalue weighted by Crippen LogP contribution is -2.43. The summed E-state index contributed by atoms with van der Waals surface area (Å²) in [6.07, 6.45) is 0.0750. The molecule has 0 fully saturated rings. The topological polar surface area (TPSA) is 87.1 Å². The second-order valence-corrected chi connectivity index (χ2v) is 11.1. The molecule has 6 nitrogen and oxygen atoms in total. The molecule has 1 heterocycles. The lowest BCUT2D eigenvalue weighted by molar-refractivity contribution is -0.174. The standard InChI is InChI=1S/C32H26ClNO5S/c1-20-3-2-4-22(15-20)19-34(28(31(36)37)16-21-5-12-27(35)13-6-21)39-32(38)30-18-25-17-24(9-14-29(25)40-30)23-7-10-26(33)11-8-23/h2-15,17-18,28,35H,16,19H2,1H3,(H,36,37)/t28-/m0/s1. The average molecular weight is 572 g/mol. The zero-order chi connectivity index (χ0) is 28.2. The van der Waals surface area contributed by atoms with E-state index >= 15 is 0 Å². The third-order valence-electron chi connectivity index (χ3n) is 6.51. The van der Waals surface area contributed by atoms with E-state index in [4.69, 9.17) is 16.4 Å². The van der Waals surface area contributed by atoms with Crippen LogP contribution in [0.15, 0.2) is 97.1 Å². The van der Waals surface area contributed by atoms with Crippen LogP contribution < -0.4 is 0 Å². The lowest BCUT2D eigenvalue weighted by Gasteiger charge is -2.27. The predicted octanol–water partition coefficient (Wildman–Crippen LogP) is 7.51. The van der Waals surface area contributed by atoms with Gasteiger partial charge in [-0.3, -0.25) is 4.79 Å². The fourth-order valence-electron chi connectivity index (χ4n) is 4.48. The number of benzene rings is 4. The van der Waals surface area contributed by atoms with E-state index in [0.29, 0.717) is 15.5 Å². The highest BCUT2D eigenvalue weighted by atomic mass is 35.5. The number of hydrogen-bond acceptors (Lipinski definition) is 6. The number of halogens is 1. The van der Waals surface area contributed by atoms with Gasteiger partial charge in [-0.15, -0.1) is 16.4 Å². The summed E-state index contributed by atoms with van der Waals surface area (Å²) in [4.78, 5) is 32.0. The molecular weight excluding hydrogens is 546 g/mol. The molecule has 0 aliphatic heterocycles. The van der Waals surface area contributed by atoms with Gasteiger partial charge < -0.3 is 15.1 Å². The van der Waals surface area contributed by atoms with Crippen molar-refractivity contribution in [3.63, 3.8) is 0 Å². The van der Waals surface area contributed by atoms with Gasteiger partial charge in [-0.1, -0.05) is 71.8 Å². The maximum absolute atomic E-state index is 13.4. The second-order valence-electron chi connectivity index (χ2n) is 9.54. The summed E-state index contributed by atoms with van der Waals surface area (Å²) in [6.45, 7) is 2.04. The molecule has 40 heavy (non-hydrogen) atoms. The maximum Gasteiger partial charge on any atom is 0.367 e. The lowest BCUT2D eigenvalue weighted by atomic mass is 10.0. The molecule has 0 aliphatic carbocycles. The molecule has 4 aromatic carbocycles. The number of phenols is 1. The average Bonchev–Trinajstić information content (AvgIpc) is 3.36. The largest absolute Gasteiger partial charge is 0.508 e. The normalized spacial score (nSPS) is 12.0. The number of fused-ring (bicyclic) bond motifs is 1. The van der Waals surface area contributed by atoms with Crippen LogP contribution in [0.4, 0.5) is 0 Å². The van der Waals surface area contributed by atoms with Gasteiger partial charge in [-0.2, -0.15) is 0 Å². The fourth-order valence-corrected chi connectivity index (χ4v) is 5.52. The molecule has 5 rings (SSSR count). The van der Waals surface area contributed by atoms with Crippen molar-refractivity contribution in [2.75, 3.05) is 0 Å². The Balaban J connectivity index is 1.43. The molecular formula is C32H26ClNO5S. The number of nitrogens with zero attached hydrogens (tertiary/aromatic N) is 1. The fraction of sp³-hybridized carbons (Fsp3) is 0.125. The number of aliphatic carboxylic acids is 1. The zero-order valence-electron chi connectivity index (χ0n) is 21.6. The van der Waals surface area contributed by atoms with Gasteiger partial charge in [0.25, 0.3) is 0 Å². The van der Waals surface area contributed by atoms with Gasteiger partial charge in [0.05, 0.1) is 6.54 Å². The predicted molar refractivity (Wildman–Crippen MR) is 158 cm³/mol. The Morgan fingerprint density at radius 2 is 1.62 bits per heavy atom. The Hall–Kier alpha value is -4.17. The number of rotatable bonds is 9. The number of carboxylic acid groups (broad SMARTS) is 1. The summed E-state index contributed by atoms with van der Waals surface area (Å²) in [5, 5.41) is 22.6. The first-order valence-electron chi connectivity index (χ1n) is 12.6. The number of aromatic hydroxyl groups is 1. The number of thiophene rings is 1. The van der Waals surface area contributed by atoms with Crippen LogP contribution in [0, 0.1) is 6.92 Å². The van der Waals surface area contributed by atoms with Crippen molar-refractivity contribution in [2.24, 2.45) is 0 Å². The number of phenolic OH excluding ortho intramolecular Hbond substituents is 1. The summed E-state index contributed by atoms with van der Waals surface area (Å²) in [5.74, 6) is -1.67. The molecule has 0 saturated carbocycles. The second kappa shape index (κ2) is 11.9. The molecule has 0 amide bonds. The molecule has 202 valence electrons. The van der Waals surface area contributed by atoms with Crippen molar-refractivity contribution in [3.05, 3.63) is 124 Å². The molecule has 1 aromatic heterocycles. The monoisotopic (exact) mass is 571 g/mol. The molecule has 0 bridgehead atoms. The molecule has 1 atom stereocenters. The van der Waals surface area contributed by atoms with Gasteiger partial charge in [0.1, 0.15) is 16.7 Å². The zero-order valence-corrected chi connectivity index (χ0v) is 23.2. The highest BCUT2D eigenvalue weighted by Gasteiger charge is 2.30. The number of aryl methyl sites for hydroxylation is 1. The van der Waals surface area contributed by atoms with E-state index < -0.39 is 18.0 Å². The third-order valence-corrected chi connectivity index (χ3v) is 7.86. The minimum atomic E-state index is -1.15. The minimum Gasteiger partial charge on any atom is -0.508 e. The van der Waals surface area contributed by atoms with Gasteiger partial charge in [0.15, 0.2) is 0 Å². The minimum absolute atomic E-state index is 0.0750. The SMILES string of the molecule is Cc1cccc(CN(OC(=O)c2cc3cc(-c4ccc(Cl)cc4)ccc3s2)[C@@H](Cc2ccc(O)cc2)C(=O)O)c1. The molecule has 0 radical (unpaired) electrons. The van der Waals surface area contributed by atoms with Crippen LogP contribution in [0.1, 0.15) is 26.4 Å². The molecule has 5 aromatic rings. The van der Waals surface area contributed by atoms with E-state index in [0.717, 1.165) is 32.3 Å². The Kier molecular flexibility index (Phi) is 8.16. The number of carbonyl (C=O) groups excluding carboxylic acids is 1. The van der Waals surface area contributed by atoms with Gasteiger partial charge in [0.2, 0.25) is 0 Å². The summed E-state index contributed by atoms with van der Waals surface area (Å²) in [7, 11) is 0. The Bertz CT molecular complexity index is 1660. The highest BCUT2D eigenvalue weighted by molar-refractivity contribution is 7.20. The maximum atomic E-state index is 13.4. The summed E-state index contributed by atoms with van der Waals surface area (Å²) in [6, 6.07) is 28.0. The van der Waals surface area contributed by atoms with E-state index in [9.17, 15) is 19.8 Å².